The number of aliphatic hydroxyl groups is 1. The molecule has 3 nitrogen and oxygen atoms in total. The molecule has 110 valence electrons. The van der Waals surface area contributed by atoms with Gasteiger partial charge in [0.25, 0.3) is 0 Å². The molecule has 0 radical (unpaired) electrons. The first-order valence-electron chi connectivity index (χ1n) is 7.13. The Kier molecular flexibility index (Phi) is 3.55. The topological polar surface area (TPSA) is 26.7 Å². The van der Waals surface area contributed by atoms with Crippen molar-refractivity contribution in [2.45, 2.75) is 13.0 Å². The van der Waals surface area contributed by atoms with Gasteiger partial charge in [-0.3, -0.25) is 0 Å². The van der Waals surface area contributed by atoms with Crippen molar-refractivity contribution < 1.29 is 9.50 Å². The molecule has 0 saturated carbocycles. The molecule has 1 heterocycles. The second kappa shape index (κ2) is 5.37. The van der Waals surface area contributed by atoms with Gasteiger partial charge in [0.15, 0.2) is 0 Å². The molecule has 0 bridgehead atoms. The Labute approximate surface area is 124 Å². The fourth-order valence-corrected chi connectivity index (χ4v) is 2.86. The highest BCUT2D eigenvalue weighted by molar-refractivity contribution is 5.80. The number of anilines is 3. The van der Waals surface area contributed by atoms with Crippen molar-refractivity contribution in [1.82, 2.24) is 0 Å². The minimum atomic E-state index is -0.706. The lowest BCUT2D eigenvalue weighted by Crippen LogP contribution is -2.36. The van der Waals surface area contributed by atoms with E-state index >= 15 is 0 Å². The second-order valence-corrected chi connectivity index (χ2v) is 5.44. The summed E-state index contributed by atoms with van der Waals surface area (Å²) in [5.74, 6) is -0.322. The van der Waals surface area contributed by atoms with Crippen LogP contribution in [0.1, 0.15) is 18.6 Å². The number of nitrogens with zero attached hydrogens (tertiary/aromatic N) is 2. The smallest absolute Gasteiger partial charge is 0.123 e. The third-order valence-electron chi connectivity index (χ3n) is 3.97. The lowest BCUT2D eigenvalue weighted by atomic mass is 10.0. The van der Waals surface area contributed by atoms with E-state index in [1.807, 2.05) is 12.1 Å². The Balaban J connectivity index is 2.12. The van der Waals surface area contributed by atoms with Gasteiger partial charge in [-0.15, -0.1) is 0 Å². The molecule has 0 aromatic heterocycles. The third-order valence-corrected chi connectivity index (χ3v) is 3.97. The van der Waals surface area contributed by atoms with Crippen LogP contribution in [0.25, 0.3) is 0 Å². The average Bonchev–Trinajstić information content (AvgIpc) is 2.48. The van der Waals surface area contributed by atoms with E-state index in [4.69, 9.17) is 0 Å². The summed E-state index contributed by atoms with van der Waals surface area (Å²) >= 11 is 0. The Morgan fingerprint density at radius 3 is 2.48 bits per heavy atom. The number of fused-ring (bicyclic) bond motifs is 1. The Hall–Kier alpha value is -2.07. The van der Waals surface area contributed by atoms with Crippen molar-refractivity contribution in [2.24, 2.45) is 0 Å². The van der Waals surface area contributed by atoms with Crippen LogP contribution in [0.2, 0.25) is 0 Å². The largest absolute Gasteiger partial charge is 0.389 e. The molecule has 0 unspecified atom stereocenters. The monoisotopic (exact) mass is 286 g/mol. The first-order valence-corrected chi connectivity index (χ1v) is 7.13. The van der Waals surface area contributed by atoms with Crippen LogP contribution in [0, 0.1) is 5.82 Å². The van der Waals surface area contributed by atoms with Crippen LogP contribution in [0.3, 0.4) is 0 Å². The Bertz CT molecular complexity index is 657. The first-order chi connectivity index (χ1) is 10.1. The van der Waals surface area contributed by atoms with Crippen molar-refractivity contribution >= 4 is 17.1 Å². The predicted octanol–water partition coefficient (Wildman–Crippen LogP) is 3.47. The summed E-state index contributed by atoms with van der Waals surface area (Å²) in [6.07, 6.45) is -0.706. The van der Waals surface area contributed by atoms with E-state index in [1.54, 1.807) is 13.0 Å². The molecule has 1 atom stereocenters. The predicted molar refractivity (Wildman–Crippen MR) is 83.8 cm³/mol. The molecule has 3 rings (SSSR count). The Morgan fingerprint density at radius 1 is 1.05 bits per heavy atom. The van der Waals surface area contributed by atoms with Crippen LogP contribution in [-0.4, -0.2) is 25.2 Å². The van der Waals surface area contributed by atoms with Crippen molar-refractivity contribution in [3.05, 3.63) is 53.8 Å². The van der Waals surface area contributed by atoms with E-state index in [0.717, 1.165) is 30.2 Å². The molecule has 1 N–H and O–H groups in total. The van der Waals surface area contributed by atoms with E-state index in [1.165, 1.54) is 12.1 Å². The molecule has 1 aliphatic heterocycles. The summed E-state index contributed by atoms with van der Waals surface area (Å²) < 4.78 is 13.5. The molecule has 0 fully saturated rings. The molecular formula is C17H19FN2O. The van der Waals surface area contributed by atoms with E-state index in [0.29, 0.717) is 5.56 Å². The fraction of sp³-hybridized carbons (Fsp3) is 0.294. The summed E-state index contributed by atoms with van der Waals surface area (Å²) in [6, 6.07) is 12.8. The van der Waals surface area contributed by atoms with Crippen LogP contribution in [-0.2, 0) is 0 Å². The number of hydrogen-bond donors (Lipinski definition) is 1. The van der Waals surface area contributed by atoms with Gasteiger partial charge in [-0.05, 0) is 37.3 Å². The molecule has 0 aliphatic carbocycles. The SMILES string of the molecule is C[C@H](O)c1cc(F)ccc1N1CCN(C)c2ccccc21. The molecule has 21 heavy (non-hydrogen) atoms. The molecule has 1 aliphatic rings. The standard InChI is InChI=1S/C17H19FN2O/c1-12(21)14-11-13(18)7-8-15(14)20-10-9-19(2)16-5-3-4-6-17(16)20/h3-8,11-12,21H,9-10H2,1-2H3/t12-/m0/s1. The minimum Gasteiger partial charge on any atom is -0.389 e. The zero-order chi connectivity index (χ0) is 15.0. The maximum Gasteiger partial charge on any atom is 0.123 e. The lowest BCUT2D eigenvalue weighted by Gasteiger charge is -2.38. The van der Waals surface area contributed by atoms with Crippen LogP contribution in [0.5, 0.6) is 0 Å². The van der Waals surface area contributed by atoms with E-state index in [-0.39, 0.29) is 5.82 Å². The maximum absolute atomic E-state index is 13.5. The van der Waals surface area contributed by atoms with Crippen LogP contribution < -0.4 is 9.80 Å². The van der Waals surface area contributed by atoms with Crippen molar-refractivity contribution in [3.63, 3.8) is 0 Å². The highest BCUT2D eigenvalue weighted by Crippen LogP contribution is 2.39. The molecule has 0 spiro atoms. The van der Waals surface area contributed by atoms with Crippen molar-refractivity contribution in [1.29, 1.82) is 0 Å². The van der Waals surface area contributed by atoms with Gasteiger partial charge in [-0.1, -0.05) is 12.1 Å². The van der Waals surface area contributed by atoms with Crippen LogP contribution in [0.4, 0.5) is 21.5 Å². The third kappa shape index (κ3) is 2.47. The number of hydrogen-bond acceptors (Lipinski definition) is 3. The van der Waals surface area contributed by atoms with Gasteiger partial charge in [0.2, 0.25) is 0 Å². The summed E-state index contributed by atoms with van der Waals surface area (Å²) in [5.41, 5.74) is 3.71. The van der Waals surface area contributed by atoms with Crippen LogP contribution in [0.15, 0.2) is 42.5 Å². The van der Waals surface area contributed by atoms with Gasteiger partial charge in [0, 0.05) is 31.4 Å². The van der Waals surface area contributed by atoms with E-state index < -0.39 is 6.10 Å². The summed E-state index contributed by atoms with van der Waals surface area (Å²) in [5, 5.41) is 9.96. The summed E-state index contributed by atoms with van der Waals surface area (Å²) in [4.78, 5) is 4.36. The normalized spacial score (nSPS) is 15.8. The van der Waals surface area contributed by atoms with Gasteiger partial charge in [0.1, 0.15) is 5.82 Å². The molecule has 4 heteroatoms. The van der Waals surface area contributed by atoms with Gasteiger partial charge in [-0.25, -0.2) is 4.39 Å². The number of para-hydroxylation sites is 2. The first kappa shape index (κ1) is 13.9. The highest BCUT2D eigenvalue weighted by atomic mass is 19.1. The van der Waals surface area contributed by atoms with Crippen LogP contribution >= 0.6 is 0 Å². The van der Waals surface area contributed by atoms with Crippen molar-refractivity contribution in [3.8, 4) is 0 Å². The zero-order valence-electron chi connectivity index (χ0n) is 12.3. The number of aliphatic hydroxyl groups excluding tert-OH is 1. The molecule has 0 amide bonds. The average molecular weight is 286 g/mol. The number of benzene rings is 2. The highest BCUT2D eigenvalue weighted by Gasteiger charge is 2.24. The minimum absolute atomic E-state index is 0.322. The molecule has 0 saturated heterocycles. The number of likely N-dealkylation sites (N-methyl/N-ethyl adjacent to an activating group) is 1. The quantitative estimate of drug-likeness (QED) is 0.915. The Morgan fingerprint density at radius 2 is 1.76 bits per heavy atom. The van der Waals surface area contributed by atoms with E-state index in [9.17, 15) is 9.50 Å². The second-order valence-electron chi connectivity index (χ2n) is 5.44. The maximum atomic E-state index is 13.5. The molecular weight excluding hydrogens is 267 g/mol. The fourth-order valence-electron chi connectivity index (χ4n) is 2.86. The number of halogens is 1. The van der Waals surface area contributed by atoms with Crippen molar-refractivity contribution in [2.75, 3.05) is 29.9 Å². The molecule has 2 aromatic carbocycles. The number of rotatable bonds is 2. The van der Waals surface area contributed by atoms with Gasteiger partial charge in [0.05, 0.1) is 17.5 Å². The van der Waals surface area contributed by atoms with Gasteiger partial charge >= 0.3 is 0 Å². The summed E-state index contributed by atoms with van der Waals surface area (Å²) in [6.45, 7) is 3.35. The summed E-state index contributed by atoms with van der Waals surface area (Å²) in [7, 11) is 2.07. The van der Waals surface area contributed by atoms with Gasteiger partial charge < -0.3 is 14.9 Å². The lowest BCUT2D eigenvalue weighted by molar-refractivity contribution is 0.199. The molecule has 2 aromatic rings. The zero-order valence-corrected chi connectivity index (χ0v) is 12.3. The van der Waals surface area contributed by atoms with Gasteiger partial charge in [-0.2, -0.15) is 0 Å². The van der Waals surface area contributed by atoms with E-state index in [2.05, 4.69) is 29.0 Å².